The molecule has 4 rings (SSSR count). The lowest BCUT2D eigenvalue weighted by atomic mass is 10.0. The Balaban J connectivity index is 1.76. The van der Waals surface area contributed by atoms with Gasteiger partial charge in [0, 0.05) is 25.2 Å². The van der Waals surface area contributed by atoms with Gasteiger partial charge in [-0.15, -0.1) is 0 Å². The van der Waals surface area contributed by atoms with Gasteiger partial charge in [-0.05, 0) is 24.1 Å². The number of benzene rings is 1. The van der Waals surface area contributed by atoms with Crippen molar-refractivity contribution in [2.45, 2.75) is 25.9 Å². The number of fused-ring (bicyclic) bond motifs is 1. The van der Waals surface area contributed by atoms with Crippen LogP contribution in [0.15, 0.2) is 54.7 Å². The molecule has 2 aromatic heterocycles. The first-order valence-corrected chi connectivity index (χ1v) is 9.64. The number of nitrogens with zero attached hydrogens (tertiary/aromatic N) is 4. The number of carbonyl (C=O) groups is 1. The minimum atomic E-state index is -0.294. The zero-order valence-corrected chi connectivity index (χ0v) is 16.2. The molecule has 0 saturated carbocycles. The standard InChI is InChI=1S/C22H23N5O2/c1-15(29)27-12-10-17-19(13-27)24-22(18-9-5-6-11-23-18)26-21(17)25-20(14-28)16-7-3-2-4-8-16/h2-9,11,20,28H,10,12-14H2,1H3,(H,24,25,26)/t20-/m1/s1. The SMILES string of the molecule is CC(=O)N1CCc2c(nc(-c3ccccn3)nc2N[C@H](CO)c2ccccc2)C1. The van der Waals surface area contributed by atoms with Crippen molar-refractivity contribution in [3.63, 3.8) is 0 Å². The van der Waals surface area contributed by atoms with E-state index in [1.807, 2.05) is 48.5 Å². The van der Waals surface area contributed by atoms with E-state index < -0.39 is 0 Å². The average molecular weight is 389 g/mol. The highest BCUT2D eigenvalue weighted by molar-refractivity contribution is 5.74. The summed E-state index contributed by atoms with van der Waals surface area (Å²) in [5, 5.41) is 13.4. The largest absolute Gasteiger partial charge is 0.394 e. The van der Waals surface area contributed by atoms with Crippen molar-refractivity contribution >= 4 is 11.7 Å². The Hall–Kier alpha value is -3.32. The van der Waals surface area contributed by atoms with Crippen LogP contribution >= 0.6 is 0 Å². The number of hydrogen-bond acceptors (Lipinski definition) is 6. The first kappa shape index (κ1) is 19.0. The molecule has 0 unspecified atom stereocenters. The first-order valence-electron chi connectivity index (χ1n) is 9.64. The molecule has 0 fully saturated rings. The van der Waals surface area contributed by atoms with E-state index >= 15 is 0 Å². The van der Waals surface area contributed by atoms with Crippen LogP contribution in [0, 0.1) is 0 Å². The van der Waals surface area contributed by atoms with Gasteiger partial charge in [-0.25, -0.2) is 9.97 Å². The number of hydrogen-bond donors (Lipinski definition) is 2. The third kappa shape index (κ3) is 4.09. The number of aromatic nitrogens is 3. The molecule has 0 radical (unpaired) electrons. The molecular formula is C22H23N5O2. The third-order valence-electron chi connectivity index (χ3n) is 5.10. The number of nitrogens with one attached hydrogen (secondary N) is 1. The Morgan fingerprint density at radius 1 is 1.17 bits per heavy atom. The summed E-state index contributed by atoms with van der Waals surface area (Å²) in [6.45, 7) is 2.57. The number of amides is 1. The van der Waals surface area contributed by atoms with Crippen LogP contribution in [-0.2, 0) is 17.8 Å². The lowest BCUT2D eigenvalue weighted by Gasteiger charge is -2.29. The highest BCUT2D eigenvalue weighted by Gasteiger charge is 2.25. The number of aliphatic hydroxyl groups excluding tert-OH is 1. The van der Waals surface area contributed by atoms with E-state index in [0.29, 0.717) is 36.8 Å². The Labute approximate surface area is 169 Å². The smallest absolute Gasteiger partial charge is 0.219 e. The van der Waals surface area contributed by atoms with Gasteiger partial charge in [0.25, 0.3) is 0 Å². The maximum atomic E-state index is 11.9. The van der Waals surface area contributed by atoms with Gasteiger partial charge in [0.05, 0.1) is 24.9 Å². The molecule has 1 aliphatic rings. The van der Waals surface area contributed by atoms with Gasteiger partial charge < -0.3 is 15.3 Å². The van der Waals surface area contributed by atoms with Crippen LogP contribution in [-0.4, -0.2) is 44.0 Å². The third-order valence-corrected chi connectivity index (χ3v) is 5.10. The van der Waals surface area contributed by atoms with Crippen LogP contribution in [0.4, 0.5) is 5.82 Å². The summed E-state index contributed by atoms with van der Waals surface area (Å²) in [6, 6.07) is 15.1. The second-order valence-electron chi connectivity index (χ2n) is 7.02. The van der Waals surface area contributed by atoms with Gasteiger partial charge in [0.2, 0.25) is 5.91 Å². The molecule has 1 atom stereocenters. The summed E-state index contributed by atoms with van der Waals surface area (Å²) >= 11 is 0. The highest BCUT2D eigenvalue weighted by atomic mass is 16.3. The molecule has 0 spiro atoms. The summed E-state index contributed by atoms with van der Waals surface area (Å²) in [7, 11) is 0. The monoisotopic (exact) mass is 389 g/mol. The van der Waals surface area contributed by atoms with Crippen molar-refractivity contribution in [3.8, 4) is 11.5 Å². The number of aliphatic hydroxyl groups is 1. The van der Waals surface area contributed by atoms with Crippen LogP contribution in [0.25, 0.3) is 11.5 Å². The molecule has 1 amide bonds. The Morgan fingerprint density at radius 2 is 1.97 bits per heavy atom. The van der Waals surface area contributed by atoms with Crippen molar-refractivity contribution in [2.24, 2.45) is 0 Å². The summed E-state index contributed by atoms with van der Waals surface area (Å²) in [4.78, 5) is 27.5. The second kappa shape index (κ2) is 8.36. The van der Waals surface area contributed by atoms with E-state index in [2.05, 4.69) is 10.3 Å². The van der Waals surface area contributed by atoms with E-state index in [-0.39, 0.29) is 18.6 Å². The van der Waals surface area contributed by atoms with Crippen molar-refractivity contribution < 1.29 is 9.90 Å². The molecule has 0 bridgehead atoms. The van der Waals surface area contributed by atoms with Crippen molar-refractivity contribution in [3.05, 3.63) is 71.5 Å². The molecule has 3 aromatic rings. The zero-order chi connectivity index (χ0) is 20.2. The predicted octanol–water partition coefficient (Wildman–Crippen LogP) is 2.59. The van der Waals surface area contributed by atoms with Crippen LogP contribution in [0.3, 0.4) is 0 Å². The second-order valence-corrected chi connectivity index (χ2v) is 7.02. The summed E-state index contributed by atoms with van der Waals surface area (Å²) in [6.07, 6.45) is 2.36. The lowest BCUT2D eigenvalue weighted by molar-refractivity contribution is -0.129. The fourth-order valence-corrected chi connectivity index (χ4v) is 3.51. The number of carbonyl (C=O) groups excluding carboxylic acids is 1. The van der Waals surface area contributed by atoms with Crippen molar-refractivity contribution in [1.29, 1.82) is 0 Å². The molecule has 7 heteroatoms. The Morgan fingerprint density at radius 3 is 2.66 bits per heavy atom. The predicted molar refractivity (Wildman–Crippen MR) is 110 cm³/mol. The molecule has 7 nitrogen and oxygen atoms in total. The summed E-state index contributed by atoms with van der Waals surface area (Å²) in [5.74, 6) is 1.21. The van der Waals surface area contributed by atoms with Crippen LogP contribution in [0.2, 0.25) is 0 Å². The first-order chi connectivity index (χ1) is 14.2. The number of rotatable bonds is 5. The fourth-order valence-electron chi connectivity index (χ4n) is 3.51. The van der Waals surface area contributed by atoms with Crippen LogP contribution in [0.1, 0.15) is 29.8 Å². The molecule has 1 aliphatic heterocycles. The maximum absolute atomic E-state index is 11.9. The van der Waals surface area contributed by atoms with E-state index in [4.69, 9.17) is 9.97 Å². The molecular weight excluding hydrogens is 366 g/mol. The van der Waals surface area contributed by atoms with Gasteiger partial charge in [0.15, 0.2) is 5.82 Å². The maximum Gasteiger partial charge on any atom is 0.219 e. The van der Waals surface area contributed by atoms with Crippen LogP contribution < -0.4 is 5.32 Å². The summed E-state index contributed by atoms with van der Waals surface area (Å²) < 4.78 is 0. The molecule has 148 valence electrons. The zero-order valence-electron chi connectivity index (χ0n) is 16.2. The van der Waals surface area contributed by atoms with Crippen molar-refractivity contribution in [1.82, 2.24) is 19.9 Å². The molecule has 1 aromatic carbocycles. The quantitative estimate of drug-likeness (QED) is 0.697. The fraction of sp³-hybridized carbons (Fsp3) is 0.273. The molecule has 29 heavy (non-hydrogen) atoms. The van der Waals surface area contributed by atoms with Gasteiger partial charge in [-0.3, -0.25) is 9.78 Å². The number of anilines is 1. The molecule has 3 heterocycles. The summed E-state index contributed by atoms with van der Waals surface area (Å²) in [5.41, 5.74) is 3.44. The van der Waals surface area contributed by atoms with Gasteiger partial charge >= 0.3 is 0 Å². The highest BCUT2D eigenvalue weighted by Crippen LogP contribution is 2.29. The Kier molecular flexibility index (Phi) is 5.48. The van der Waals surface area contributed by atoms with Gasteiger partial charge in [-0.2, -0.15) is 0 Å². The van der Waals surface area contributed by atoms with Crippen LogP contribution in [0.5, 0.6) is 0 Å². The molecule has 2 N–H and O–H groups in total. The molecule has 0 aliphatic carbocycles. The van der Waals surface area contributed by atoms with E-state index in [0.717, 1.165) is 16.8 Å². The van der Waals surface area contributed by atoms with E-state index in [9.17, 15) is 9.90 Å². The lowest BCUT2D eigenvalue weighted by Crippen LogP contribution is -2.35. The van der Waals surface area contributed by atoms with E-state index in [1.54, 1.807) is 18.0 Å². The average Bonchev–Trinajstić information content (AvgIpc) is 2.77. The molecule has 0 saturated heterocycles. The number of pyridine rings is 1. The van der Waals surface area contributed by atoms with Gasteiger partial charge in [-0.1, -0.05) is 36.4 Å². The topological polar surface area (TPSA) is 91.2 Å². The van der Waals surface area contributed by atoms with Gasteiger partial charge in [0.1, 0.15) is 11.5 Å². The minimum Gasteiger partial charge on any atom is -0.394 e. The van der Waals surface area contributed by atoms with Crippen molar-refractivity contribution in [2.75, 3.05) is 18.5 Å². The Bertz CT molecular complexity index is 995. The minimum absolute atomic E-state index is 0.0284. The van der Waals surface area contributed by atoms with E-state index in [1.165, 1.54) is 0 Å². The normalized spacial score (nSPS) is 14.2.